The monoisotopic (exact) mass is 268 g/mol. The fourth-order valence-electron chi connectivity index (χ4n) is 1.90. The molecule has 6 heteroatoms. The van der Waals surface area contributed by atoms with Gasteiger partial charge in [0.2, 0.25) is 5.52 Å². The molecule has 0 atom stereocenters. The lowest BCUT2D eigenvalue weighted by atomic mass is 10.1. The van der Waals surface area contributed by atoms with Gasteiger partial charge in [-0.05, 0) is 24.0 Å². The van der Waals surface area contributed by atoms with E-state index in [-0.39, 0.29) is 11.7 Å². The van der Waals surface area contributed by atoms with Crippen LogP contribution in [0.5, 0.6) is 11.5 Å². The minimum atomic E-state index is 0.0423. The van der Waals surface area contributed by atoms with Crippen LogP contribution in [0.3, 0.4) is 0 Å². The van der Waals surface area contributed by atoms with E-state index in [4.69, 9.17) is 21.1 Å². The summed E-state index contributed by atoms with van der Waals surface area (Å²) in [6.45, 7) is 1.70. The highest BCUT2D eigenvalue weighted by molar-refractivity contribution is 6.16. The van der Waals surface area contributed by atoms with Crippen molar-refractivity contribution in [1.29, 1.82) is 0 Å². The molecule has 0 aliphatic heterocycles. The van der Waals surface area contributed by atoms with Gasteiger partial charge in [0.25, 0.3) is 0 Å². The molecule has 1 aromatic carbocycles. The standard InChI is InChI=1S/C12H13ClN2O3/c1-7-11-8(17-2)4-5-9(18-3)12(11)14-10(6-13)15(7)16/h4-5H,6H2,1-3H3. The van der Waals surface area contributed by atoms with Crippen molar-refractivity contribution >= 4 is 22.5 Å². The molecule has 0 saturated heterocycles. The van der Waals surface area contributed by atoms with Gasteiger partial charge < -0.3 is 14.7 Å². The number of aromatic nitrogens is 2. The molecule has 0 amide bonds. The van der Waals surface area contributed by atoms with Crippen LogP contribution in [0, 0.1) is 12.1 Å². The van der Waals surface area contributed by atoms with Crippen LogP contribution in [-0.2, 0) is 5.88 Å². The molecule has 2 aromatic rings. The zero-order chi connectivity index (χ0) is 13.3. The second-order valence-corrected chi connectivity index (χ2v) is 4.00. The minimum Gasteiger partial charge on any atom is -0.711 e. The maximum Gasteiger partial charge on any atom is 0.317 e. The molecule has 1 heterocycles. The second-order valence-electron chi connectivity index (χ2n) is 3.74. The van der Waals surface area contributed by atoms with Gasteiger partial charge in [-0.2, -0.15) is 0 Å². The summed E-state index contributed by atoms with van der Waals surface area (Å²) in [5.74, 6) is 1.45. The zero-order valence-corrected chi connectivity index (χ0v) is 11.1. The van der Waals surface area contributed by atoms with Crippen molar-refractivity contribution in [1.82, 2.24) is 4.98 Å². The molecule has 0 bridgehead atoms. The van der Waals surface area contributed by atoms with Crippen molar-refractivity contribution < 1.29 is 14.2 Å². The van der Waals surface area contributed by atoms with Crippen molar-refractivity contribution in [2.45, 2.75) is 12.8 Å². The molecule has 5 nitrogen and oxygen atoms in total. The third-order valence-electron chi connectivity index (χ3n) is 2.80. The Balaban J connectivity index is 2.93. The first kappa shape index (κ1) is 12.7. The van der Waals surface area contributed by atoms with Crippen molar-refractivity contribution in [3.8, 4) is 11.5 Å². The number of hydrogen-bond donors (Lipinski definition) is 0. The summed E-state index contributed by atoms with van der Waals surface area (Å²) in [6.07, 6.45) is 0. The third kappa shape index (κ3) is 1.80. The molecule has 2 rings (SSSR count). The first-order valence-corrected chi connectivity index (χ1v) is 5.87. The number of alkyl halides is 1. The lowest BCUT2D eigenvalue weighted by molar-refractivity contribution is -0.621. The molecule has 0 saturated carbocycles. The fraction of sp³-hybridized carbons (Fsp3) is 0.333. The number of nitrogens with zero attached hydrogens (tertiary/aromatic N) is 2. The Bertz CT molecular complexity index is 602. The summed E-state index contributed by atoms with van der Waals surface area (Å²) < 4.78 is 11.2. The topological polar surface area (TPSA) is 58.3 Å². The molecule has 0 N–H and O–H groups in total. The third-order valence-corrected chi connectivity index (χ3v) is 3.04. The van der Waals surface area contributed by atoms with Crippen LogP contribution in [0.25, 0.3) is 10.9 Å². The molecule has 0 unspecified atom stereocenters. The van der Waals surface area contributed by atoms with Crippen LogP contribution >= 0.6 is 11.6 Å². The Morgan fingerprint density at radius 2 is 1.89 bits per heavy atom. The predicted molar refractivity (Wildman–Crippen MR) is 68.1 cm³/mol. The van der Waals surface area contributed by atoms with Gasteiger partial charge in [-0.25, -0.2) is 4.73 Å². The van der Waals surface area contributed by atoms with Crippen LogP contribution in [0.1, 0.15) is 11.5 Å². The largest absolute Gasteiger partial charge is 0.711 e. The summed E-state index contributed by atoms with van der Waals surface area (Å²) in [5, 5.41) is 12.6. The van der Waals surface area contributed by atoms with Crippen molar-refractivity contribution in [2.75, 3.05) is 14.2 Å². The van der Waals surface area contributed by atoms with E-state index in [9.17, 15) is 5.21 Å². The summed E-state index contributed by atoms with van der Waals surface area (Å²) >= 11 is 5.72. The van der Waals surface area contributed by atoms with Gasteiger partial charge in [0.05, 0.1) is 14.2 Å². The number of ether oxygens (including phenoxy) is 2. The normalized spacial score (nSPS) is 10.7. The summed E-state index contributed by atoms with van der Waals surface area (Å²) in [6, 6.07) is 3.50. The number of fused-ring (bicyclic) bond motifs is 1. The number of aryl methyl sites for hydroxylation is 1. The van der Waals surface area contributed by atoms with E-state index < -0.39 is 0 Å². The number of halogens is 1. The Morgan fingerprint density at radius 3 is 2.44 bits per heavy atom. The Labute approximate surface area is 110 Å². The molecule has 18 heavy (non-hydrogen) atoms. The molecule has 0 fully saturated rings. The molecule has 0 spiro atoms. The highest BCUT2D eigenvalue weighted by Crippen LogP contribution is 2.32. The molecule has 0 aliphatic rings. The van der Waals surface area contributed by atoms with Gasteiger partial charge in [0, 0.05) is 0 Å². The SMILES string of the molecule is COc1ccc(OC)c2c(C)[n+]([O-])c(CCl)nc12. The summed E-state index contributed by atoms with van der Waals surface area (Å²) in [5.41, 5.74) is 1.07. The van der Waals surface area contributed by atoms with Gasteiger partial charge >= 0.3 is 5.82 Å². The lowest BCUT2D eigenvalue weighted by Crippen LogP contribution is -2.36. The predicted octanol–water partition coefficient (Wildman–Crippen LogP) is 1.93. The first-order valence-electron chi connectivity index (χ1n) is 5.33. The number of benzene rings is 1. The Hall–Kier alpha value is -1.75. The van der Waals surface area contributed by atoms with E-state index in [1.165, 1.54) is 0 Å². The molecule has 0 aliphatic carbocycles. The van der Waals surface area contributed by atoms with Crippen LogP contribution in [0.15, 0.2) is 12.1 Å². The summed E-state index contributed by atoms with van der Waals surface area (Å²) in [4.78, 5) is 4.25. The molecular formula is C12H13ClN2O3. The second kappa shape index (κ2) is 4.86. The quantitative estimate of drug-likeness (QED) is 0.485. The number of rotatable bonds is 3. The van der Waals surface area contributed by atoms with Crippen molar-refractivity contribution in [3.05, 3.63) is 28.9 Å². The number of hydrogen-bond acceptors (Lipinski definition) is 4. The van der Waals surface area contributed by atoms with Crippen molar-refractivity contribution in [2.24, 2.45) is 0 Å². The molecular weight excluding hydrogens is 256 g/mol. The van der Waals surface area contributed by atoms with Gasteiger partial charge in [-0.1, -0.05) is 0 Å². The highest BCUT2D eigenvalue weighted by Gasteiger charge is 2.21. The molecule has 96 valence electrons. The van der Waals surface area contributed by atoms with Gasteiger partial charge in [-0.15, -0.1) is 11.6 Å². The van der Waals surface area contributed by atoms with Gasteiger partial charge in [0.15, 0.2) is 5.75 Å². The van der Waals surface area contributed by atoms with E-state index in [0.29, 0.717) is 28.1 Å². The van der Waals surface area contributed by atoms with E-state index >= 15 is 0 Å². The maximum absolute atomic E-state index is 12.0. The molecule has 1 aromatic heterocycles. The van der Waals surface area contributed by atoms with E-state index in [1.807, 2.05) is 0 Å². The van der Waals surface area contributed by atoms with Crippen molar-refractivity contribution in [3.63, 3.8) is 0 Å². The average molecular weight is 269 g/mol. The summed E-state index contributed by atoms with van der Waals surface area (Å²) in [7, 11) is 3.10. The smallest absolute Gasteiger partial charge is 0.317 e. The van der Waals surface area contributed by atoms with Crippen LogP contribution in [0.4, 0.5) is 0 Å². The molecule has 0 radical (unpaired) electrons. The minimum absolute atomic E-state index is 0.0423. The van der Waals surface area contributed by atoms with Crippen LogP contribution < -0.4 is 14.2 Å². The highest BCUT2D eigenvalue weighted by atomic mass is 35.5. The zero-order valence-electron chi connectivity index (χ0n) is 10.4. The first-order chi connectivity index (χ1) is 8.63. The van der Waals surface area contributed by atoms with Crippen LogP contribution in [-0.4, -0.2) is 19.2 Å². The van der Waals surface area contributed by atoms with E-state index in [0.717, 1.165) is 4.73 Å². The van der Waals surface area contributed by atoms with Gasteiger partial charge in [-0.3, -0.25) is 0 Å². The lowest BCUT2D eigenvalue weighted by Gasteiger charge is -2.13. The Kier molecular flexibility index (Phi) is 3.43. The number of methoxy groups -OCH3 is 2. The maximum atomic E-state index is 12.0. The van der Waals surface area contributed by atoms with E-state index in [2.05, 4.69) is 4.98 Å². The van der Waals surface area contributed by atoms with Gasteiger partial charge in [0.1, 0.15) is 22.7 Å². The van der Waals surface area contributed by atoms with E-state index in [1.54, 1.807) is 33.3 Å². The fourth-order valence-corrected chi connectivity index (χ4v) is 2.07. The van der Waals surface area contributed by atoms with Crippen LogP contribution in [0.2, 0.25) is 0 Å². The Morgan fingerprint density at radius 1 is 1.28 bits per heavy atom. The average Bonchev–Trinajstić information content (AvgIpc) is 2.41.